The van der Waals surface area contributed by atoms with Gasteiger partial charge in [0.1, 0.15) is 11.3 Å². The lowest BCUT2D eigenvalue weighted by Crippen LogP contribution is -2.60. The molecule has 1 aromatic rings. The molecule has 2 rings (SSSR count). The number of nitrogens with zero attached hydrogens (tertiary/aromatic N) is 2. The molecule has 0 radical (unpaired) electrons. The van der Waals surface area contributed by atoms with E-state index >= 15 is 0 Å². The van der Waals surface area contributed by atoms with Crippen molar-refractivity contribution in [3.63, 3.8) is 0 Å². The van der Waals surface area contributed by atoms with E-state index < -0.39 is 5.60 Å². The van der Waals surface area contributed by atoms with Gasteiger partial charge in [-0.15, -0.1) is 0 Å². The van der Waals surface area contributed by atoms with Crippen molar-refractivity contribution in [2.24, 2.45) is 0 Å². The second-order valence-corrected chi connectivity index (χ2v) is 6.88. The van der Waals surface area contributed by atoms with Crippen LogP contribution >= 0.6 is 0 Å². The molecule has 1 saturated heterocycles. The number of carbonyl (C=O) groups excluding carboxylic acids is 2. The maximum Gasteiger partial charge on any atom is 0.410 e. The number of aromatic nitrogens is 1. The van der Waals surface area contributed by atoms with E-state index in [4.69, 9.17) is 4.74 Å². The van der Waals surface area contributed by atoms with E-state index in [-0.39, 0.29) is 24.1 Å². The highest BCUT2D eigenvalue weighted by Gasteiger charge is 2.36. The van der Waals surface area contributed by atoms with Gasteiger partial charge in [-0.2, -0.15) is 0 Å². The van der Waals surface area contributed by atoms with Gasteiger partial charge < -0.3 is 19.5 Å². The second-order valence-electron chi connectivity index (χ2n) is 6.88. The molecule has 2 amide bonds. The number of amides is 2. The minimum atomic E-state index is -0.513. The fourth-order valence-electron chi connectivity index (χ4n) is 2.80. The number of hydrogen-bond acceptors (Lipinski definition) is 3. The van der Waals surface area contributed by atoms with Crippen LogP contribution < -0.4 is 0 Å². The standard InChI is InChI=1S/C16H25N3O3/c1-11-9-18(15(21)22-16(3,4)5)10-12(2)19(11)14(20)13-7-6-8-17-13/h6-8,11-12,17H,9-10H2,1-5H3. The summed E-state index contributed by atoms with van der Waals surface area (Å²) < 4.78 is 5.42. The summed E-state index contributed by atoms with van der Waals surface area (Å²) >= 11 is 0. The molecule has 0 bridgehead atoms. The number of carbonyl (C=O) groups is 2. The predicted molar refractivity (Wildman–Crippen MR) is 83.7 cm³/mol. The molecule has 2 heterocycles. The van der Waals surface area contributed by atoms with Crippen LogP contribution in [-0.2, 0) is 4.74 Å². The van der Waals surface area contributed by atoms with Crippen LogP contribution in [0, 0.1) is 0 Å². The minimum absolute atomic E-state index is 0.0335. The highest BCUT2D eigenvalue weighted by Crippen LogP contribution is 2.20. The van der Waals surface area contributed by atoms with Crippen molar-refractivity contribution in [3.8, 4) is 0 Å². The summed E-state index contributed by atoms with van der Waals surface area (Å²) in [5, 5.41) is 0. The van der Waals surface area contributed by atoms with Crippen molar-refractivity contribution in [3.05, 3.63) is 24.0 Å². The molecule has 1 aliphatic heterocycles. The summed E-state index contributed by atoms with van der Waals surface area (Å²) in [6.45, 7) is 10.4. The number of ether oxygens (including phenoxy) is 1. The largest absolute Gasteiger partial charge is 0.444 e. The average Bonchev–Trinajstić information content (AvgIpc) is 2.89. The summed E-state index contributed by atoms with van der Waals surface area (Å²) in [5.41, 5.74) is 0.0604. The molecule has 1 aliphatic rings. The highest BCUT2D eigenvalue weighted by molar-refractivity contribution is 5.93. The van der Waals surface area contributed by atoms with E-state index in [1.165, 1.54) is 0 Å². The van der Waals surface area contributed by atoms with E-state index in [1.54, 1.807) is 23.2 Å². The van der Waals surface area contributed by atoms with Crippen LogP contribution in [0.3, 0.4) is 0 Å². The SMILES string of the molecule is CC1CN(C(=O)OC(C)(C)C)CC(C)N1C(=O)c1ccc[nH]1. The summed E-state index contributed by atoms with van der Waals surface area (Å²) in [7, 11) is 0. The topological polar surface area (TPSA) is 65.6 Å². The van der Waals surface area contributed by atoms with Crippen molar-refractivity contribution in [2.45, 2.75) is 52.3 Å². The van der Waals surface area contributed by atoms with Gasteiger partial charge >= 0.3 is 6.09 Å². The molecule has 1 aromatic heterocycles. The molecule has 2 atom stereocenters. The maximum absolute atomic E-state index is 12.5. The first kappa shape index (κ1) is 16.4. The lowest BCUT2D eigenvalue weighted by Gasteiger charge is -2.44. The van der Waals surface area contributed by atoms with E-state index in [9.17, 15) is 9.59 Å². The zero-order valence-corrected chi connectivity index (χ0v) is 13.9. The molecule has 122 valence electrons. The Morgan fingerprint density at radius 3 is 2.27 bits per heavy atom. The number of hydrogen-bond donors (Lipinski definition) is 1. The van der Waals surface area contributed by atoms with Gasteiger partial charge in [-0.05, 0) is 46.8 Å². The monoisotopic (exact) mass is 307 g/mol. The quantitative estimate of drug-likeness (QED) is 0.867. The fraction of sp³-hybridized carbons (Fsp3) is 0.625. The molecular formula is C16H25N3O3. The van der Waals surface area contributed by atoms with Crippen LogP contribution in [-0.4, -0.2) is 57.6 Å². The molecule has 6 heteroatoms. The Balaban J connectivity index is 2.06. The summed E-state index contributed by atoms with van der Waals surface area (Å²) in [4.78, 5) is 31.2. The predicted octanol–water partition coefficient (Wildman–Crippen LogP) is 2.48. The molecular weight excluding hydrogens is 282 g/mol. The zero-order chi connectivity index (χ0) is 16.5. The van der Waals surface area contributed by atoms with Gasteiger partial charge in [0.2, 0.25) is 0 Å². The summed E-state index contributed by atoms with van der Waals surface area (Å²) in [6.07, 6.45) is 1.41. The van der Waals surface area contributed by atoms with E-state index in [2.05, 4.69) is 4.98 Å². The Labute approximate surface area is 131 Å². The van der Waals surface area contributed by atoms with Crippen molar-refractivity contribution >= 4 is 12.0 Å². The number of piperazine rings is 1. The molecule has 0 aliphatic carbocycles. The van der Waals surface area contributed by atoms with Crippen molar-refractivity contribution in [1.82, 2.24) is 14.8 Å². The smallest absolute Gasteiger partial charge is 0.410 e. The zero-order valence-electron chi connectivity index (χ0n) is 13.9. The van der Waals surface area contributed by atoms with Crippen LogP contribution in [0.15, 0.2) is 18.3 Å². The average molecular weight is 307 g/mol. The second kappa shape index (κ2) is 6.02. The summed E-state index contributed by atoms with van der Waals surface area (Å²) in [6, 6.07) is 3.45. The number of nitrogens with one attached hydrogen (secondary N) is 1. The molecule has 1 fully saturated rings. The van der Waals surface area contributed by atoms with Crippen LogP contribution in [0.1, 0.15) is 45.1 Å². The van der Waals surface area contributed by atoms with Crippen molar-refractivity contribution < 1.29 is 14.3 Å². The van der Waals surface area contributed by atoms with Gasteiger partial charge in [0.05, 0.1) is 0 Å². The lowest BCUT2D eigenvalue weighted by molar-refractivity contribution is -0.00501. The Bertz CT molecular complexity index is 521. The Kier molecular flexibility index (Phi) is 4.49. The van der Waals surface area contributed by atoms with Gasteiger partial charge in [0.15, 0.2) is 0 Å². The first-order valence-corrected chi connectivity index (χ1v) is 7.63. The Morgan fingerprint density at radius 2 is 1.82 bits per heavy atom. The number of rotatable bonds is 1. The van der Waals surface area contributed by atoms with Crippen molar-refractivity contribution in [2.75, 3.05) is 13.1 Å². The van der Waals surface area contributed by atoms with E-state index in [1.807, 2.05) is 39.5 Å². The molecule has 6 nitrogen and oxygen atoms in total. The van der Waals surface area contributed by atoms with Gasteiger partial charge in [0, 0.05) is 31.4 Å². The summed E-state index contributed by atoms with van der Waals surface area (Å²) in [5.74, 6) is -0.0335. The Hall–Kier alpha value is -1.98. The van der Waals surface area contributed by atoms with Gasteiger partial charge in [-0.1, -0.05) is 0 Å². The first-order valence-electron chi connectivity index (χ1n) is 7.63. The Morgan fingerprint density at radius 1 is 1.23 bits per heavy atom. The van der Waals surface area contributed by atoms with Crippen molar-refractivity contribution in [1.29, 1.82) is 0 Å². The number of aromatic amines is 1. The molecule has 1 N–H and O–H groups in total. The van der Waals surface area contributed by atoms with Crippen LogP contribution in [0.2, 0.25) is 0 Å². The molecule has 0 saturated carbocycles. The molecule has 22 heavy (non-hydrogen) atoms. The van der Waals surface area contributed by atoms with Crippen LogP contribution in [0.4, 0.5) is 4.79 Å². The van der Waals surface area contributed by atoms with E-state index in [0.717, 1.165) is 0 Å². The third-order valence-electron chi connectivity index (χ3n) is 3.63. The molecule has 0 spiro atoms. The van der Waals surface area contributed by atoms with Gasteiger partial charge in [-0.3, -0.25) is 4.79 Å². The maximum atomic E-state index is 12.5. The van der Waals surface area contributed by atoms with Crippen LogP contribution in [0.5, 0.6) is 0 Å². The third-order valence-corrected chi connectivity index (χ3v) is 3.63. The minimum Gasteiger partial charge on any atom is -0.444 e. The third kappa shape index (κ3) is 3.61. The molecule has 2 unspecified atom stereocenters. The van der Waals surface area contributed by atoms with Crippen LogP contribution in [0.25, 0.3) is 0 Å². The highest BCUT2D eigenvalue weighted by atomic mass is 16.6. The number of H-pyrrole nitrogens is 1. The normalized spacial score (nSPS) is 22.6. The van der Waals surface area contributed by atoms with Gasteiger partial charge in [-0.25, -0.2) is 4.79 Å². The lowest BCUT2D eigenvalue weighted by atomic mass is 10.1. The van der Waals surface area contributed by atoms with E-state index in [0.29, 0.717) is 18.8 Å². The van der Waals surface area contributed by atoms with Gasteiger partial charge in [0.25, 0.3) is 5.91 Å². The molecule has 0 aromatic carbocycles. The first-order chi connectivity index (χ1) is 10.2. The fourth-order valence-corrected chi connectivity index (χ4v) is 2.80.